The summed E-state index contributed by atoms with van der Waals surface area (Å²) < 4.78 is 38.6. The summed E-state index contributed by atoms with van der Waals surface area (Å²) >= 11 is 0. The Labute approximate surface area is 145 Å². The Morgan fingerprint density at radius 3 is 2.75 bits per heavy atom. The number of benzene rings is 1. The van der Waals surface area contributed by atoms with Gasteiger partial charge in [-0.1, -0.05) is 24.3 Å². The van der Waals surface area contributed by atoms with E-state index < -0.39 is 11.7 Å². The van der Waals surface area contributed by atoms with Crippen LogP contribution in [0.2, 0.25) is 0 Å². The lowest BCUT2D eigenvalue weighted by atomic mass is 10.0. The first-order chi connectivity index (χ1) is 11.0. The maximum atomic E-state index is 12.9. The SMILES string of the molecule is Cl.FC(F)(F)c1cccc(CN2CCNCC2c2cccnc2)c1. The third-order valence-corrected chi connectivity index (χ3v) is 4.06. The number of nitrogens with one attached hydrogen (secondary N) is 1. The van der Waals surface area contributed by atoms with Gasteiger partial charge in [-0.05, 0) is 23.3 Å². The maximum absolute atomic E-state index is 12.9. The molecule has 1 saturated heterocycles. The second-order valence-electron chi connectivity index (χ2n) is 5.67. The molecule has 0 saturated carbocycles. The average Bonchev–Trinajstić information content (AvgIpc) is 2.56. The van der Waals surface area contributed by atoms with Gasteiger partial charge < -0.3 is 5.32 Å². The molecular formula is C17H19ClF3N3. The van der Waals surface area contributed by atoms with Gasteiger partial charge in [-0.25, -0.2) is 0 Å². The molecule has 0 bridgehead atoms. The minimum absolute atomic E-state index is 0. The fraction of sp³-hybridized carbons (Fsp3) is 0.353. The number of aromatic nitrogens is 1. The molecule has 1 aliphatic rings. The molecule has 1 aromatic heterocycles. The van der Waals surface area contributed by atoms with Gasteiger partial charge >= 0.3 is 6.18 Å². The number of rotatable bonds is 3. The summed E-state index contributed by atoms with van der Waals surface area (Å²) in [5.74, 6) is 0. The van der Waals surface area contributed by atoms with Crippen molar-refractivity contribution in [2.75, 3.05) is 19.6 Å². The van der Waals surface area contributed by atoms with Crippen LogP contribution < -0.4 is 5.32 Å². The molecule has 1 aliphatic heterocycles. The molecule has 0 aliphatic carbocycles. The van der Waals surface area contributed by atoms with Crippen LogP contribution in [-0.4, -0.2) is 29.5 Å². The molecule has 1 unspecified atom stereocenters. The van der Waals surface area contributed by atoms with E-state index in [4.69, 9.17) is 0 Å². The van der Waals surface area contributed by atoms with Gasteiger partial charge in [0.15, 0.2) is 0 Å². The predicted octanol–water partition coefficient (Wildman–Crippen LogP) is 3.67. The molecule has 1 atom stereocenters. The third-order valence-electron chi connectivity index (χ3n) is 4.06. The van der Waals surface area contributed by atoms with E-state index in [2.05, 4.69) is 15.2 Å². The Balaban J connectivity index is 0.00000208. The van der Waals surface area contributed by atoms with Gasteiger partial charge in [-0.15, -0.1) is 12.4 Å². The monoisotopic (exact) mass is 357 g/mol. The molecule has 2 aromatic rings. The molecule has 1 aromatic carbocycles. The highest BCUT2D eigenvalue weighted by Crippen LogP contribution is 2.30. The van der Waals surface area contributed by atoms with E-state index in [1.807, 2.05) is 18.3 Å². The maximum Gasteiger partial charge on any atom is 0.416 e. The Bertz CT molecular complexity index is 649. The zero-order valence-electron chi connectivity index (χ0n) is 13.0. The standard InChI is InChI=1S/C17H18F3N3.ClH/c18-17(19,20)15-5-1-3-13(9-15)12-23-8-7-22-11-16(23)14-4-2-6-21-10-14;/h1-6,9-10,16,22H,7-8,11-12H2;1H. The molecule has 1 fully saturated rings. The van der Waals surface area contributed by atoms with Crippen molar-refractivity contribution in [2.24, 2.45) is 0 Å². The van der Waals surface area contributed by atoms with Crippen molar-refractivity contribution in [2.45, 2.75) is 18.8 Å². The summed E-state index contributed by atoms with van der Waals surface area (Å²) in [5, 5.41) is 3.34. The van der Waals surface area contributed by atoms with Crippen LogP contribution >= 0.6 is 12.4 Å². The number of halogens is 4. The zero-order valence-corrected chi connectivity index (χ0v) is 13.8. The Kier molecular flexibility index (Phi) is 6.21. The number of hydrogen-bond acceptors (Lipinski definition) is 3. The molecule has 0 radical (unpaired) electrons. The highest BCUT2D eigenvalue weighted by Gasteiger charge is 2.31. The quantitative estimate of drug-likeness (QED) is 0.908. The summed E-state index contributed by atoms with van der Waals surface area (Å²) in [6.45, 7) is 2.88. The van der Waals surface area contributed by atoms with Crippen molar-refractivity contribution in [1.82, 2.24) is 15.2 Å². The summed E-state index contributed by atoms with van der Waals surface area (Å²) in [4.78, 5) is 6.34. The predicted molar refractivity (Wildman–Crippen MR) is 88.9 cm³/mol. The largest absolute Gasteiger partial charge is 0.416 e. The first-order valence-electron chi connectivity index (χ1n) is 7.55. The topological polar surface area (TPSA) is 28.2 Å². The zero-order chi connectivity index (χ0) is 16.3. The van der Waals surface area contributed by atoms with Crippen molar-refractivity contribution in [3.8, 4) is 0 Å². The van der Waals surface area contributed by atoms with Gasteiger partial charge in [0.25, 0.3) is 0 Å². The van der Waals surface area contributed by atoms with Gasteiger partial charge in [0, 0.05) is 44.6 Å². The Morgan fingerprint density at radius 1 is 1.21 bits per heavy atom. The lowest BCUT2D eigenvalue weighted by Gasteiger charge is -2.36. The van der Waals surface area contributed by atoms with Gasteiger partial charge in [-0.3, -0.25) is 9.88 Å². The van der Waals surface area contributed by atoms with Crippen LogP contribution in [0.1, 0.15) is 22.7 Å². The van der Waals surface area contributed by atoms with Gasteiger partial charge in [-0.2, -0.15) is 13.2 Å². The Morgan fingerprint density at radius 2 is 2.04 bits per heavy atom. The second-order valence-corrected chi connectivity index (χ2v) is 5.67. The molecular weight excluding hydrogens is 339 g/mol. The van der Waals surface area contributed by atoms with Crippen molar-refractivity contribution >= 4 is 12.4 Å². The normalized spacial score (nSPS) is 18.9. The Hall–Kier alpha value is -1.63. The summed E-state index contributed by atoms with van der Waals surface area (Å²) in [6, 6.07) is 9.57. The van der Waals surface area contributed by atoms with Crippen LogP contribution in [0.4, 0.5) is 13.2 Å². The third kappa shape index (κ3) is 4.47. The first-order valence-corrected chi connectivity index (χ1v) is 7.55. The minimum atomic E-state index is -4.30. The lowest BCUT2D eigenvalue weighted by molar-refractivity contribution is -0.137. The van der Waals surface area contributed by atoms with E-state index in [1.165, 1.54) is 12.1 Å². The smallest absolute Gasteiger partial charge is 0.314 e. The van der Waals surface area contributed by atoms with E-state index in [0.717, 1.165) is 31.3 Å². The molecule has 24 heavy (non-hydrogen) atoms. The van der Waals surface area contributed by atoms with E-state index in [-0.39, 0.29) is 18.4 Å². The van der Waals surface area contributed by atoms with Crippen LogP contribution in [0, 0.1) is 0 Å². The van der Waals surface area contributed by atoms with Gasteiger partial charge in [0.05, 0.1) is 5.56 Å². The summed E-state index contributed by atoms with van der Waals surface area (Å²) in [5.41, 5.74) is 1.16. The van der Waals surface area contributed by atoms with Crippen molar-refractivity contribution < 1.29 is 13.2 Å². The number of nitrogens with zero attached hydrogens (tertiary/aromatic N) is 2. The van der Waals surface area contributed by atoms with E-state index in [1.54, 1.807) is 12.3 Å². The fourth-order valence-corrected chi connectivity index (χ4v) is 2.92. The number of pyridine rings is 1. The van der Waals surface area contributed by atoms with Gasteiger partial charge in [0.1, 0.15) is 0 Å². The van der Waals surface area contributed by atoms with E-state index >= 15 is 0 Å². The van der Waals surface area contributed by atoms with Crippen LogP contribution in [-0.2, 0) is 12.7 Å². The van der Waals surface area contributed by atoms with Crippen LogP contribution in [0.25, 0.3) is 0 Å². The van der Waals surface area contributed by atoms with Crippen LogP contribution in [0.3, 0.4) is 0 Å². The van der Waals surface area contributed by atoms with Crippen LogP contribution in [0.15, 0.2) is 48.8 Å². The summed E-state index contributed by atoms with van der Waals surface area (Å²) in [7, 11) is 0. The molecule has 3 rings (SSSR count). The number of alkyl halides is 3. The molecule has 130 valence electrons. The lowest BCUT2D eigenvalue weighted by Crippen LogP contribution is -2.45. The minimum Gasteiger partial charge on any atom is -0.314 e. The molecule has 1 N–H and O–H groups in total. The second kappa shape index (κ2) is 7.96. The van der Waals surface area contributed by atoms with Crippen molar-refractivity contribution in [3.63, 3.8) is 0 Å². The van der Waals surface area contributed by atoms with Crippen LogP contribution in [0.5, 0.6) is 0 Å². The fourth-order valence-electron chi connectivity index (χ4n) is 2.92. The highest BCUT2D eigenvalue weighted by molar-refractivity contribution is 5.85. The van der Waals surface area contributed by atoms with E-state index in [0.29, 0.717) is 12.1 Å². The molecule has 0 amide bonds. The number of piperazine rings is 1. The molecule has 2 heterocycles. The van der Waals surface area contributed by atoms with Crippen molar-refractivity contribution in [1.29, 1.82) is 0 Å². The van der Waals surface area contributed by atoms with E-state index in [9.17, 15) is 13.2 Å². The average molecular weight is 358 g/mol. The molecule has 0 spiro atoms. The first kappa shape index (κ1) is 18.7. The molecule has 7 heteroatoms. The van der Waals surface area contributed by atoms with Crippen molar-refractivity contribution in [3.05, 3.63) is 65.5 Å². The van der Waals surface area contributed by atoms with Gasteiger partial charge in [0.2, 0.25) is 0 Å². The summed E-state index contributed by atoms with van der Waals surface area (Å²) in [6.07, 6.45) is -0.768. The highest BCUT2D eigenvalue weighted by atomic mass is 35.5. The number of hydrogen-bond donors (Lipinski definition) is 1. The molecule has 3 nitrogen and oxygen atoms in total.